The molecule has 0 heterocycles. The Labute approximate surface area is 251 Å². The van der Waals surface area contributed by atoms with Crippen LogP contribution in [-0.2, 0) is 13.6 Å². The van der Waals surface area contributed by atoms with Gasteiger partial charge in [0.2, 0.25) is 0 Å². The van der Waals surface area contributed by atoms with Crippen LogP contribution in [-0.4, -0.2) is 42.6 Å². The number of unbranched alkanes of at least 4 members (excludes halogenated alkanes) is 22. The predicted octanol–water partition coefficient (Wildman–Crippen LogP) is 11.6. The number of hydrogen-bond acceptors (Lipinski definition) is 4. The first-order valence-electron chi connectivity index (χ1n) is 17.9. The minimum Gasteiger partial charge on any atom is -0.303 e. The fraction of sp³-hybridized carbons (Fsp3) is 1.00. The summed E-state index contributed by atoms with van der Waals surface area (Å²) >= 11 is 0. The van der Waals surface area contributed by atoms with Crippen molar-refractivity contribution in [2.45, 2.75) is 188 Å². The lowest BCUT2D eigenvalue weighted by Gasteiger charge is -2.22. The summed E-state index contributed by atoms with van der Waals surface area (Å²) in [5.74, 6) is 0. The van der Waals surface area contributed by atoms with E-state index in [2.05, 4.69) is 25.7 Å². The zero-order valence-corrected chi connectivity index (χ0v) is 28.4. The molecule has 1 N–H and O–H groups in total. The molecule has 0 fully saturated rings. The van der Waals surface area contributed by atoms with Gasteiger partial charge < -0.3 is 9.79 Å². The number of nitrogens with zero attached hydrogens (tertiary/aromatic N) is 1. The summed E-state index contributed by atoms with van der Waals surface area (Å²) in [6.45, 7) is 11.1. The highest BCUT2D eigenvalue weighted by molar-refractivity contribution is 7.47. The summed E-state index contributed by atoms with van der Waals surface area (Å²) in [6, 6.07) is 0. The standard InChI is InChI=1S/C34H72NO4P/c1-4-7-10-13-16-18-20-25-30-35(31-26-21-19-17-14-11-8-5-2)32-27-22-24-29-34-39-40(36,37)38-33-28-23-15-12-9-6-3/h4-34H2,1-3H3,(H,36,37). The molecule has 0 amide bonds. The maximum Gasteiger partial charge on any atom is 0.472 e. The molecule has 1 atom stereocenters. The Morgan fingerprint density at radius 1 is 0.425 bits per heavy atom. The molecule has 0 saturated carbocycles. The van der Waals surface area contributed by atoms with E-state index in [0.717, 1.165) is 32.1 Å². The summed E-state index contributed by atoms with van der Waals surface area (Å²) in [5.41, 5.74) is 0. The van der Waals surface area contributed by atoms with E-state index in [-0.39, 0.29) is 0 Å². The summed E-state index contributed by atoms with van der Waals surface area (Å²) in [4.78, 5) is 12.6. The van der Waals surface area contributed by atoms with Crippen molar-refractivity contribution < 1.29 is 18.5 Å². The van der Waals surface area contributed by atoms with Gasteiger partial charge in [0.05, 0.1) is 13.2 Å². The maximum absolute atomic E-state index is 12.1. The molecule has 0 aliphatic carbocycles. The normalized spacial score (nSPS) is 13.3. The van der Waals surface area contributed by atoms with Gasteiger partial charge >= 0.3 is 7.82 Å². The molecule has 0 aliphatic heterocycles. The van der Waals surface area contributed by atoms with Crippen LogP contribution >= 0.6 is 7.82 Å². The third-order valence-electron chi connectivity index (χ3n) is 8.03. The van der Waals surface area contributed by atoms with Crippen LogP contribution in [0.4, 0.5) is 0 Å². The Kier molecular flexibility index (Phi) is 32.0. The molecule has 6 heteroatoms. The van der Waals surface area contributed by atoms with Gasteiger partial charge in [-0.3, -0.25) is 9.05 Å². The van der Waals surface area contributed by atoms with Crippen molar-refractivity contribution in [1.29, 1.82) is 0 Å². The quantitative estimate of drug-likeness (QED) is 0.0597. The van der Waals surface area contributed by atoms with Gasteiger partial charge in [0.1, 0.15) is 0 Å². The van der Waals surface area contributed by atoms with Crippen molar-refractivity contribution in [2.24, 2.45) is 0 Å². The van der Waals surface area contributed by atoms with E-state index in [9.17, 15) is 9.46 Å². The summed E-state index contributed by atoms with van der Waals surface area (Å²) in [6.07, 6.45) is 33.1. The van der Waals surface area contributed by atoms with Crippen LogP contribution in [0.3, 0.4) is 0 Å². The van der Waals surface area contributed by atoms with E-state index in [4.69, 9.17) is 9.05 Å². The first-order valence-corrected chi connectivity index (χ1v) is 19.4. The van der Waals surface area contributed by atoms with Gasteiger partial charge in [-0.1, -0.05) is 156 Å². The van der Waals surface area contributed by atoms with Crippen LogP contribution in [0.25, 0.3) is 0 Å². The molecular formula is C34H72NO4P. The van der Waals surface area contributed by atoms with Gasteiger partial charge in [0.25, 0.3) is 0 Å². The molecule has 0 aliphatic rings. The molecular weight excluding hydrogens is 517 g/mol. The highest BCUT2D eigenvalue weighted by atomic mass is 31.2. The van der Waals surface area contributed by atoms with Gasteiger partial charge in [-0.2, -0.15) is 0 Å². The smallest absolute Gasteiger partial charge is 0.303 e. The third-order valence-corrected chi connectivity index (χ3v) is 9.05. The SMILES string of the molecule is CCCCCCCCCCN(CCCCCCCCCC)CCCCCCOP(=O)(O)OCCCCCCCC. The first-order chi connectivity index (χ1) is 19.6. The Balaban J connectivity index is 3.99. The molecule has 0 radical (unpaired) electrons. The van der Waals surface area contributed by atoms with Crippen molar-refractivity contribution in [3.05, 3.63) is 0 Å². The van der Waals surface area contributed by atoms with Crippen LogP contribution < -0.4 is 0 Å². The van der Waals surface area contributed by atoms with E-state index >= 15 is 0 Å². The Hall–Kier alpha value is 0.0700. The molecule has 0 spiro atoms. The lowest BCUT2D eigenvalue weighted by molar-refractivity contribution is 0.145. The Morgan fingerprint density at radius 3 is 0.975 bits per heavy atom. The molecule has 5 nitrogen and oxygen atoms in total. The van der Waals surface area contributed by atoms with Gasteiger partial charge in [-0.05, 0) is 51.7 Å². The predicted molar refractivity (Wildman–Crippen MR) is 175 cm³/mol. The van der Waals surface area contributed by atoms with Crippen molar-refractivity contribution >= 4 is 7.82 Å². The monoisotopic (exact) mass is 590 g/mol. The maximum atomic E-state index is 12.1. The molecule has 242 valence electrons. The average Bonchev–Trinajstić information content (AvgIpc) is 2.94. The van der Waals surface area contributed by atoms with Crippen LogP contribution in [0.15, 0.2) is 0 Å². The zero-order chi connectivity index (χ0) is 29.4. The number of rotatable bonds is 34. The topological polar surface area (TPSA) is 59.0 Å². The van der Waals surface area contributed by atoms with Crippen LogP contribution in [0.2, 0.25) is 0 Å². The van der Waals surface area contributed by atoms with Crippen molar-refractivity contribution in [2.75, 3.05) is 32.8 Å². The fourth-order valence-corrected chi connectivity index (χ4v) is 6.14. The van der Waals surface area contributed by atoms with Crippen LogP contribution in [0, 0.1) is 0 Å². The van der Waals surface area contributed by atoms with E-state index in [1.165, 1.54) is 154 Å². The average molecular weight is 590 g/mol. The van der Waals surface area contributed by atoms with Crippen molar-refractivity contribution in [1.82, 2.24) is 4.90 Å². The second-order valence-electron chi connectivity index (χ2n) is 12.1. The number of phosphoric ester groups is 1. The van der Waals surface area contributed by atoms with E-state index < -0.39 is 7.82 Å². The van der Waals surface area contributed by atoms with Crippen molar-refractivity contribution in [3.63, 3.8) is 0 Å². The molecule has 0 saturated heterocycles. The van der Waals surface area contributed by atoms with E-state index in [1.807, 2.05) is 0 Å². The molecule has 1 unspecified atom stereocenters. The molecule has 0 bridgehead atoms. The second-order valence-corrected chi connectivity index (χ2v) is 13.6. The Bertz CT molecular complexity index is 514. The zero-order valence-electron chi connectivity index (χ0n) is 27.5. The number of phosphoric acid groups is 1. The molecule has 0 aromatic carbocycles. The van der Waals surface area contributed by atoms with E-state index in [1.54, 1.807) is 0 Å². The van der Waals surface area contributed by atoms with Gasteiger partial charge in [0, 0.05) is 0 Å². The third kappa shape index (κ3) is 31.0. The molecule has 0 rings (SSSR count). The summed E-state index contributed by atoms with van der Waals surface area (Å²) in [7, 11) is -3.89. The lowest BCUT2D eigenvalue weighted by atomic mass is 10.1. The highest BCUT2D eigenvalue weighted by Gasteiger charge is 2.20. The fourth-order valence-electron chi connectivity index (χ4n) is 5.34. The van der Waals surface area contributed by atoms with Gasteiger partial charge in [0.15, 0.2) is 0 Å². The molecule has 40 heavy (non-hydrogen) atoms. The highest BCUT2D eigenvalue weighted by Crippen LogP contribution is 2.43. The summed E-state index contributed by atoms with van der Waals surface area (Å²) < 4.78 is 22.4. The van der Waals surface area contributed by atoms with Gasteiger partial charge in [-0.25, -0.2) is 4.57 Å². The van der Waals surface area contributed by atoms with Crippen LogP contribution in [0.5, 0.6) is 0 Å². The lowest BCUT2D eigenvalue weighted by Crippen LogP contribution is -2.27. The Morgan fingerprint density at radius 2 is 0.675 bits per heavy atom. The summed E-state index contributed by atoms with van der Waals surface area (Å²) in [5, 5.41) is 0. The number of hydrogen-bond donors (Lipinski definition) is 1. The molecule has 0 aromatic heterocycles. The minimum absolute atomic E-state index is 0.310. The van der Waals surface area contributed by atoms with Crippen LogP contribution in [0.1, 0.15) is 188 Å². The van der Waals surface area contributed by atoms with Crippen molar-refractivity contribution in [3.8, 4) is 0 Å². The largest absolute Gasteiger partial charge is 0.472 e. The first kappa shape index (κ1) is 40.1. The van der Waals surface area contributed by atoms with E-state index in [0.29, 0.717) is 13.2 Å². The molecule has 0 aromatic rings. The second kappa shape index (κ2) is 32.0. The minimum atomic E-state index is -3.89. The van der Waals surface area contributed by atoms with Gasteiger partial charge in [-0.15, -0.1) is 0 Å².